The summed E-state index contributed by atoms with van der Waals surface area (Å²) in [6.45, 7) is 0. The van der Waals surface area contributed by atoms with Gasteiger partial charge in [-0.1, -0.05) is 72.3 Å². The first-order valence-corrected chi connectivity index (χ1v) is 11.5. The highest BCUT2D eigenvalue weighted by Gasteiger charge is 2.29. The van der Waals surface area contributed by atoms with Crippen molar-refractivity contribution in [3.8, 4) is 5.75 Å². The number of aromatic amines is 1. The standard InChI is InChI=1S/C26H19ClN6O4/c27-19-21(32-33-22(19)30-24(35)16-11-5-7-13-18(16)34)25(36)31-23-26(37)28-17-12-6-4-10-15(17)20(29-23)14-8-2-1-3-9-14/h1-13,23,34H,(H,28,37)(H,31,36)(H2,30,32,33,35). The molecule has 0 saturated carbocycles. The third-order valence-electron chi connectivity index (χ3n) is 5.58. The predicted octanol–water partition coefficient (Wildman–Crippen LogP) is 3.57. The summed E-state index contributed by atoms with van der Waals surface area (Å²) >= 11 is 6.31. The van der Waals surface area contributed by atoms with Crippen molar-refractivity contribution in [2.45, 2.75) is 6.17 Å². The molecule has 2 heterocycles. The quantitative estimate of drug-likeness (QED) is 0.276. The number of anilines is 2. The van der Waals surface area contributed by atoms with E-state index >= 15 is 0 Å². The number of aliphatic imine (C=N–C) groups is 1. The summed E-state index contributed by atoms with van der Waals surface area (Å²) in [5, 5.41) is 23.9. The highest BCUT2D eigenvalue weighted by molar-refractivity contribution is 6.36. The smallest absolute Gasteiger partial charge is 0.272 e. The van der Waals surface area contributed by atoms with Crippen molar-refractivity contribution in [3.63, 3.8) is 0 Å². The van der Waals surface area contributed by atoms with Crippen molar-refractivity contribution in [3.05, 3.63) is 106 Å². The van der Waals surface area contributed by atoms with Crippen molar-refractivity contribution >= 4 is 46.5 Å². The summed E-state index contributed by atoms with van der Waals surface area (Å²) in [4.78, 5) is 43.1. The minimum atomic E-state index is -1.28. The molecule has 0 spiro atoms. The van der Waals surface area contributed by atoms with Gasteiger partial charge in [-0.25, -0.2) is 4.99 Å². The number of phenols is 1. The fourth-order valence-electron chi connectivity index (χ4n) is 3.78. The van der Waals surface area contributed by atoms with Crippen LogP contribution < -0.4 is 16.0 Å². The van der Waals surface area contributed by atoms with Gasteiger partial charge in [0.1, 0.15) is 16.5 Å². The first-order valence-electron chi connectivity index (χ1n) is 11.1. The molecule has 3 amide bonds. The van der Waals surface area contributed by atoms with Crippen molar-refractivity contribution < 1.29 is 19.5 Å². The van der Waals surface area contributed by atoms with Crippen LogP contribution in [0.1, 0.15) is 32.0 Å². The lowest BCUT2D eigenvalue weighted by Gasteiger charge is -2.13. The van der Waals surface area contributed by atoms with E-state index < -0.39 is 23.9 Å². The van der Waals surface area contributed by atoms with Crippen molar-refractivity contribution in [1.29, 1.82) is 0 Å². The van der Waals surface area contributed by atoms with Crippen LogP contribution in [0.5, 0.6) is 5.75 Å². The maximum atomic E-state index is 13.1. The molecule has 0 aliphatic carbocycles. The topological polar surface area (TPSA) is 149 Å². The van der Waals surface area contributed by atoms with Crippen LogP contribution in [0.4, 0.5) is 11.5 Å². The number of benzene rings is 3. The lowest BCUT2D eigenvalue weighted by molar-refractivity contribution is -0.117. The van der Waals surface area contributed by atoms with E-state index in [0.717, 1.165) is 5.56 Å². The molecule has 0 radical (unpaired) electrons. The molecule has 1 aromatic heterocycles. The Morgan fingerprint density at radius 3 is 2.41 bits per heavy atom. The second-order valence-electron chi connectivity index (χ2n) is 7.99. The van der Waals surface area contributed by atoms with E-state index in [2.05, 4.69) is 31.1 Å². The molecular weight excluding hydrogens is 496 g/mol. The van der Waals surface area contributed by atoms with Crippen LogP contribution in [-0.2, 0) is 4.79 Å². The maximum absolute atomic E-state index is 13.1. The average molecular weight is 515 g/mol. The Hall–Kier alpha value is -4.96. The van der Waals surface area contributed by atoms with Gasteiger partial charge in [0, 0.05) is 11.1 Å². The van der Waals surface area contributed by atoms with Crippen molar-refractivity contribution in [2.75, 3.05) is 10.6 Å². The van der Waals surface area contributed by atoms with Crippen LogP contribution in [-0.4, -0.2) is 44.9 Å². The van der Waals surface area contributed by atoms with Gasteiger partial charge < -0.3 is 21.1 Å². The summed E-state index contributed by atoms with van der Waals surface area (Å²) in [6, 6.07) is 22.4. The molecule has 184 valence electrons. The second kappa shape index (κ2) is 9.96. The Morgan fingerprint density at radius 2 is 1.62 bits per heavy atom. The Balaban J connectivity index is 1.40. The summed E-state index contributed by atoms with van der Waals surface area (Å²) < 4.78 is 0. The minimum absolute atomic E-state index is 0.00467. The Morgan fingerprint density at radius 1 is 0.919 bits per heavy atom. The molecule has 37 heavy (non-hydrogen) atoms. The number of nitrogens with zero attached hydrogens (tertiary/aromatic N) is 2. The van der Waals surface area contributed by atoms with Crippen LogP contribution in [0.15, 0.2) is 83.9 Å². The Kier molecular flexibility index (Phi) is 6.40. The molecule has 4 aromatic rings. The molecule has 5 rings (SSSR count). The lowest BCUT2D eigenvalue weighted by atomic mass is 10.0. The van der Waals surface area contributed by atoms with Crippen LogP contribution in [0.25, 0.3) is 0 Å². The van der Waals surface area contributed by atoms with E-state index in [1.807, 2.05) is 42.5 Å². The number of carbonyl (C=O) groups excluding carboxylic acids is 3. The largest absolute Gasteiger partial charge is 0.507 e. The Labute approximate surface area is 215 Å². The molecule has 1 aliphatic rings. The highest BCUT2D eigenvalue weighted by Crippen LogP contribution is 2.26. The molecular formula is C26H19ClN6O4. The van der Waals surface area contributed by atoms with Gasteiger partial charge in [-0.15, -0.1) is 0 Å². The van der Waals surface area contributed by atoms with Gasteiger partial charge in [-0.2, -0.15) is 5.10 Å². The Bertz CT molecular complexity index is 1550. The number of aromatic hydroxyl groups is 1. The molecule has 1 atom stereocenters. The van der Waals surface area contributed by atoms with Gasteiger partial charge >= 0.3 is 0 Å². The summed E-state index contributed by atoms with van der Waals surface area (Å²) in [6.07, 6.45) is -1.28. The molecule has 0 saturated heterocycles. The van der Waals surface area contributed by atoms with Crippen molar-refractivity contribution in [2.24, 2.45) is 4.99 Å². The molecule has 0 fully saturated rings. The third kappa shape index (κ3) is 4.78. The van der Waals surface area contributed by atoms with Gasteiger partial charge in [0.05, 0.1) is 17.0 Å². The zero-order valence-electron chi connectivity index (χ0n) is 19.0. The first kappa shape index (κ1) is 23.8. The summed E-state index contributed by atoms with van der Waals surface area (Å²) in [5.74, 6) is -2.32. The number of rotatable bonds is 5. The van der Waals surface area contributed by atoms with E-state index in [1.165, 1.54) is 12.1 Å². The fraction of sp³-hybridized carbons (Fsp3) is 0.0385. The number of fused-ring (bicyclic) bond motifs is 1. The number of H-pyrrole nitrogens is 1. The summed E-state index contributed by atoms with van der Waals surface area (Å²) in [5.41, 5.74) is 2.36. The maximum Gasteiger partial charge on any atom is 0.272 e. The predicted molar refractivity (Wildman–Crippen MR) is 138 cm³/mol. The zero-order chi connectivity index (χ0) is 25.9. The molecule has 3 aromatic carbocycles. The van der Waals surface area contributed by atoms with Gasteiger partial charge in [0.25, 0.3) is 17.7 Å². The molecule has 10 nitrogen and oxygen atoms in total. The minimum Gasteiger partial charge on any atom is -0.507 e. The number of benzodiazepines with no additional fused rings is 1. The molecule has 5 N–H and O–H groups in total. The number of hydrogen-bond donors (Lipinski definition) is 5. The van der Waals surface area contributed by atoms with Crippen LogP contribution in [0, 0.1) is 0 Å². The van der Waals surface area contributed by atoms with Gasteiger partial charge in [0.2, 0.25) is 6.17 Å². The SMILES string of the molecule is O=C(Nc1n[nH]c(C(=O)NC2N=C(c3ccccc3)c3ccccc3NC2=O)c1Cl)c1ccccc1O. The normalized spacial score (nSPS) is 14.6. The van der Waals surface area contributed by atoms with E-state index in [1.54, 1.807) is 24.3 Å². The molecule has 1 aliphatic heterocycles. The number of aromatic nitrogens is 2. The molecule has 0 bridgehead atoms. The van der Waals surface area contributed by atoms with Crippen LogP contribution in [0.2, 0.25) is 5.02 Å². The molecule has 1 unspecified atom stereocenters. The van der Waals surface area contributed by atoms with Gasteiger partial charge in [-0.05, 0) is 18.2 Å². The summed E-state index contributed by atoms with van der Waals surface area (Å²) in [7, 11) is 0. The van der Waals surface area contributed by atoms with Crippen LogP contribution >= 0.6 is 11.6 Å². The zero-order valence-corrected chi connectivity index (χ0v) is 19.8. The number of carbonyl (C=O) groups is 3. The van der Waals surface area contributed by atoms with Crippen molar-refractivity contribution in [1.82, 2.24) is 15.5 Å². The number of hydrogen-bond acceptors (Lipinski definition) is 6. The van der Waals surface area contributed by atoms with E-state index in [-0.39, 0.29) is 27.8 Å². The highest BCUT2D eigenvalue weighted by atomic mass is 35.5. The monoisotopic (exact) mass is 514 g/mol. The number of amides is 3. The van der Waals surface area contributed by atoms with Gasteiger partial charge in [-0.3, -0.25) is 19.5 Å². The van der Waals surface area contributed by atoms with E-state index in [9.17, 15) is 19.5 Å². The lowest BCUT2D eigenvalue weighted by Crippen LogP contribution is -2.42. The third-order valence-corrected chi connectivity index (χ3v) is 5.94. The number of phenolic OH excluding ortho intramolecular Hbond substituents is 1. The fourth-order valence-corrected chi connectivity index (χ4v) is 4.00. The number of nitrogens with one attached hydrogen (secondary N) is 4. The van der Waals surface area contributed by atoms with E-state index in [0.29, 0.717) is 17.0 Å². The van der Waals surface area contributed by atoms with Gasteiger partial charge in [0.15, 0.2) is 5.82 Å². The van der Waals surface area contributed by atoms with E-state index in [4.69, 9.17) is 11.6 Å². The first-order chi connectivity index (χ1) is 17.9. The number of para-hydroxylation sites is 2. The van der Waals surface area contributed by atoms with Crippen LogP contribution in [0.3, 0.4) is 0 Å². The second-order valence-corrected chi connectivity index (χ2v) is 8.36. The average Bonchev–Trinajstić information content (AvgIpc) is 3.20. The molecule has 11 heteroatoms. The number of halogens is 1.